The normalized spacial score (nSPS) is 11.6. The SMILES string of the molecule is CC(C)(O)C(C)(C)O.Nc1cccc(B(O)O)c1. The van der Waals surface area contributed by atoms with Crippen molar-refractivity contribution in [3.63, 3.8) is 0 Å². The predicted molar refractivity (Wildman–Crippen MR) is 73.3 cm³/mol. The van der Waals surface area contributed by atoms with E-state index in [1.54, 1.807) is 45.9 Å². The van der Waals surface area contributed by atoms with Crippen molar-refractivity contribution in [3.05, 3.63) is 24.3 Å². The van der Waals surface area contributed by atoms with Gasteiger partial charge in [0.05, 0.1) is 11.2 Å². The minimum Gasteiger partial charge on any atom is -0.423 e. The van der Waals surface area contributed by atoms with Crippen molar-refractivity contribution >= 4 is 18.3 Å². The molecule has 0 saturated heterocycles. The third kappa shape index (κ3) is 6.02. The number of anilines is 1. The van der Waals surface area contributed by atoms with Gasteiger partial charge in [-0.25, -0.2) is 0 Å². The van der Waals surface area contributed by atoms with E-state index in [0.717, 1.165) is 0 Å². The molecule has 0 atom stereocenters. The molecule has 1 aromatic carbocycles. The topological polar surface area (TPSA) is 107 Å². The van der Waals surface area contributed by atoms with E-state index in [1.807, 2.05) is 0 Å². The Labute approximate surface area is 108 Å². The second-order valence-electron chi connectivity index (χ2n) is 5.16. The highest BCUT2D eigenvalue weighted by atomic mass is 16.4. The van der Waals surface area contributed by atoms with Crippen molar-refractivity contribution in [1.82, 2.24) is 0 Å². The molecule has 1 rings (SSSR count). The lowest BCUT2D eigenvalue weighted by Gasteiger charge is -2.31. The van der Waals surface area contributed by atoms with Crippen LogP contribution in [0.4, 0.5) is 5.69 Å². The Hall–Kier alpha value is -1.08. The number of nitrogens with two attached hydrogens (primary N) is 1. The molecule has 0 saturated carbocycles. The van der Waals surface area contributed by atoms with E-state index in [2.05, 4.69) is 0 Å². The molecular formula is C12H22BNO4. The molecule has 6 heteroatoms. The average molecular weight is 255 g/mol. The highest BCUT2D eigenvalue weighted by molar-refractivity contribution is 6.58. The highest BCUT2D eigenvalue weighted by Gasteiger charge is 2.31. The van der Waals surface area contributed by atoms with Crippen molar-refractivity contribution < 1.29 is 20.3 Å². The average Bonchev–Trinajstić information content (AvgIpc) is 2.15. The third-order valence-electron chi connectivity index (χ3n) is 2.71. The van der Waals surface area contributed by atoms with Crippen LogP contribution in [0, 0.1) is 0 Å². The minimum atomic E-state index is -1.43. The molecule has 6 N–H and O–H groups in total. The van der Waals surface area contributed by atoms with Gasteiger partial charge < -0.3 is 26.0 Å². The van der Waals surface area contributed by atoms with Crippen LogP contribution in [0.5, 0.6) is 0 Å². The van der Waals surface area contributed by atoms with Gasteiger partial charge in [-0.1, -0.05) is 12.1 Å². The van der Waals surface area contributed by atoms with Crippen LogP contribution in [0.15, 0.2) is 24.3 Å². The maximum absolute atomic E-state index is 9.10. The Kier molecular flexibility index (Phi) is 5.83. The first kappa shape index (κ1) is 16.9. The summed E-state index contributed by atoms with van der Waals surface area (Å²) in [6.07, 6.45) is 0. The monoisotopic (exact) mass is 255 g/mol. The molecule has 0 bridgehead atoms. The van der Waals surface area contributed by atoms with Gasteiger partial charge in [-0.2, -0.15) is 0 Å². The Morgan fingerprint density at radius 2 is 1.44 bits per heavy atom. The smallest absolute Gasteiger partial charge is 0.423 e. The summed E-state index contributed by atoms with van der Waals surface area (Å²) >= 11 is 0. The Morgan fingerprint density at radius 3 is 1.67 bits per heavy atom. The molecular weight excluding hydrogens is 233 g/mol. The molecule has 5 nitrogen and oxygen atoms in total. The molecule has 0 spiro atoms. The summed E-state index contributed by atoms with van der Waals surface area (Å²) in [5.74, 6) is 0. The van der Waals surface area contributed by atoms with Gasteiger partial charge in [-0.3, -0.25) is 0 Å². The van der Waals surface area contributed by atoms with Crippen LogP contribution in [0.1, 0.15) is 27.7 Å². The Bertz CT molecular complexity index is 357. The summed E-state index contributed by atoms with van der Waals surface area (Å²) in [7, 11) is -1.43. The predicted octanol–water partition coefficient (Wildman–Crippen LogP) is -0.523. The molecule has 0 unspecified atom stereocenters. The van der Waals surface area contributed by atoms with Crippen molar-refractivity contribution in [1.29, 1.82) is 0 Å². The first-order valence-corrected chi connectivity index (χ1v) is 5.61. The quantitative estimate of drug-likeness (QED) is 0.361. The van der Waals surface area contributed by atoms with Gasteiger partial charge in [0.2, 0.25) is 0 Å². The summed E-state index contributed by atoms with van der Waals surface area (Å²) in [6.45, 7) is 6.31. The molecule has 0 radical (unpaired) electrons. The van der Waals surface area contributed by atoms with E-state index in [9.17, 15) is 0 Å². The van der Waals surface area contributed by atoms with Crippen molar-refractivity contribution in [2.75, 3.05) is 5.73 Å². The first-order chi connectivity index (χ1) is 7.95. The van der Waals surface area contributed by atoms with E-state index >= 15 is 0 Å². The summed E-state index contributed by atoms with van der Waals surface area (Å²) < 4.78 is 0. The zero-order valence-electron chi connectivity index (χ0n) is 11.3. The molecule has 0 aliphatic heterocycles. The first-order valence-electron chi connectivity index (χ1n) is 5.61. The Morgan fingerprint density at radius 1 is 1.00 bits per heavy atom. The van der Waals surface area contributed by atoms with Gasteiger partial charge in [0.25, 0.3) is 0 Å². The highest BCUT2D eigenvalue weighted by Crippen LogP contribution is 2.19. The van der Waals surface area contributed by atoms with Crippen LogP contribution >= 0.6 is 0 Å². The third-order valence-corrected chi connectivity index (χ3v) is 2.71. The van der Waals surface area contributed by atoms with Gasteiger partial charge in [0.1, 0.15) is 0 Å². The lowest BCUT2D eigenvalue weighted by molar-refractivity contribution is -0.107. The zero-order valence-corrected chi connectivity index (χ0v) is 11.3. The van der Waals surface area contributed by atoms with Crippen LogP contribution in [-0.4, -0.2) is 38.6 Å². The van der Waals surface area contributed by atoms with Crippen LogP contribution in [0.25, 0.3) is 0 Å². The lowest BCUT2D eigenvalue weighted by Crippen LogP contribution is -2.44. The van der Waals surface area contributed by atoms with E-state index in [1.165, 1.54) is 6.07 Å². The molecule has 0 aliphatic rings. The van der Waals surface area contributed by atoms with E-state index < -0.39 is 18.3 Å². The summed E-state index contributed by atoms with van der Waals surface area (Å²) in [6, 6.07) is 6.47. The Balaban J connectivity index is 0.000000331. The van der Waals surface area contributed by atoms with Crippen LogP contribution < -0.4 is 11.2 Å². The van der Waals surface area contributed by atoms with Gasteiger partial charge >= 0.3 is 7.12 Å². The van der Waals surface area contributed by atoms with Crippen molar-refractivity contribution in [2.24, 2.45) is 0 Å². The van der Waals surface area contributed by atoms with Gasteiger partial charge in [-0.15, -0.1) is 0 Å². The van der Waals surface area contributed by atoms with Crippen molar-refractivity contribution in [3.8, 4) is 0 Å². The number of nitrogen functional groups attached to an aromatic ring is 1. The number of rotatable bonds is 2. The van der Waals surface area contributed by atoms with E-state index in [-0.39, 0.29) is 0 Å². The fraction of sp³-hybridized carbons (Fsp3) is 0.500. The van der Waals surface area contributed by atoms with Gasteiger partial charge in [0.15, 0.2) is 0 Å². The second-order valence-corrected chi connectivity index (χ2v) is 5.16. The summed E-state index contributed by atoms with van der Waals surface area (Å²) in [5, 5.41) is 35.5. The fourth-order valence-electron chi connectivity index (χ4n) is 0.720. The van der Waals surface area contributed by atoms with Crippen LogP contribution in [0.2, 0.25) is 0 Å². The lowest BCUT2D eigenvalue weighted by atomic mass is 9.80. The largest absolute Gasteiger partial charge is 0.488 e. The molecule has 0 amide bonds. The van der Waals surface area contributed by atoms with Crippen LogP contribution in [0.3, 0.4) is 0 Å². The molecule has 18 heavy (non-hydrogen) atoms. The molecule has 0 aliphatic carbocycles. The summed E-state index contributed by atoms with van der Waals surface area (Å²) in [4.78, 5) is 0. The molecule has 1 aromatic rings. The molecule has 0 heterocycles. The number of hydrogen-bond acceptors (Lipinski definition) is 5. The number of aliphatic hydroxyl groups is 2. The van der Waals surface area contributed by atoms with E-state index in [0.29, 0.717) is 11.2 Å². The molecule has 0 fully saturated rings. The zero-order chi connectivity index (χ0) is 14.6. The van der Waals surface area contributed by atoms with E-state index in [4.69, 9.17) is 26.0 Å². The second kappa shape index (κ2) is 6.20. The number of hydrogen-bond donors (Lipinski definition) is 5. The maximum atomic E-state index is 9.10. The number of benzene rings is 1. The standard InChI is InChI=1S/C6H8BNO2.C6H14O2/c8-6-3-1-2-5(4-6)7(9)10;1-5(2,7)6(3,4)8/h1-4,9-10H,8H2;7-8H,1-4H3. The maximum Gasteiger partial charge on any atom is 0.488 e. The fourth-order valence-corrected chi connectivity index (χ4v) is 0.720. The van der Waals surface area contributed by atoms with Crippen molar-refractivity contribution in [2.45, 2.75) is 38.9 Å². The van der Waals surface area contributed by atoms with Gasteiger partial charge in [-0.05, 0) is 45.3 Å². The molecule has 102 valence electrons. The minimum absolute atomic E-state index is 0.417. The van der Waals surface area contributed by atoms with Crippen LogP contribution in [-0.2, 0) is 0 Å². The molecule has 0 aromatic heterocycles. The summed E-state index contributed by atoms with van der Waals surface area (Å²) in [5.41, 5.74) is 4.31. The van der Waals surface area contributed by atoms with Gasteiger partial charge in [0, 0.05) is 5.69 Å².